The van der Waals surface area contributed by atoms with Crippen molar-refractivity contribution in [1.29, 1.82) is 0 Å². The number of carbonyl (C=O) groups excluding carboxylic acids is 2. The normalized spacial score (nSPS) is 13.6. The van der Waals surface area contributed by atoms with E-state index >= 15 is 0 Å². The number of amides is 2. The van der Waals surface area contributed by atoms with Crippen molar-refractivity contribution in [3.63, 3.8) is 0 Å². The molecule has 0 fully saturated rings. The second kappa shape index (κ2) is 8.12. The summed E-state index contributed by atoms with van der Waals surface area (Å²) >= 11 is 0. The molecule has 0 aromatic carbocycles. The molecule has 138 valence electrons. The van der Waals surface area contributed by atoms with Crippen molar-refractivity contribution in [3.05, 3.63) is 47.5 Å². The maximum Gasteiger partial charge on any atom is 0.225 e. The lowest BCUT2D eigenvalue weighted by atomic mass is 10.1. The molecule has 1 aliphatic heterocycles. The van der Waals surface area contributed by atoms with Gasteiger partial charge in [-0.2, -0.15) is 5.10 Å². The smallest absolute Gasteiger partial charge is 0.225 e. The summed E-state index contributed by atoms with van der Waals surface area (Å²) in [5, 5.41) is 7.45. The van der Waals surface area contributed by atoms with Crippen LogP contribution in [0.3, 0.4) is 0 Å². The molecule has 0 radical (unpaired) electrons. The zero-order chi connectivity index (χ0) is 18.5. The Bertz CT molecular complexity index is 769. The summed E-state index contributed by atoms with van der Waals surface area (Å²) in [6, 6.07) is 5.81. The van der Waals surface area contributed by atoms with Gasteiger partial charge >= 0.3 is 0 Å². The Kier molecular flexibility index (Phi) is 5.65. The summed E-state index contributed by atoms with van der Waals surface area (Å²) in [7, 11) is 0. The minimum absolute atomic E-state index is 0.00336. The third-order valence-electron chi connectivity index (χ3n) is 4.51. The van der Waals surface area contributed by atoms with E-state index in [1.165, 1.54) is 0 Å². The molecule has 26 heavy (non-hydrogen) atoms. The Morgan fingerprint density at radius 2 is 2.00 bits per heavy atom. The highest BCUT2D eigenvalue weighted by atomic mass is 16.2. The third kappa shape index (κ3) is 4.47. The van der Waals surface area contributed by atoms with Gasteiger partial charge < -0.3 is 10.2 Å². The van der Waals surface area contributed by atoms with Gasteiger partial charge in [0, 0.05) is 31.3 Å². The molecule has 7 nitrogen and oxygen atoms in total. The molecule has 1 aliphatic rings. The van der Waals surface area contributed by atoms with Gasteiger partial charge in [-0.25, -0.2) is 0 Å². The van der Waals surface area contributed by atoms with Crippen molar-refractivity contribution >= 4 is 11.8 Å². The van der Waals surface area contributed by atoms with Crippen LogP contribution in [0.15, 0.2) is 30.6 Å². The van der Waals surface area contributed by atoms with E-state index in [2.05, 4.69) is 15.4 Å². The van der Waals surface area contributed by atoms with Gasteiger partial charge in [0.05, 0.1) is 31.0 Å². The highest BCUT2D eigenvalue weighted by Gasteiger charge is 2.23. The van der Waals surface area contributed by atoms with E-state index in [9.17, 15) is 9.59 Å². The number of hydrogen-bond donors (Lipinski definition) is 1. The van der Waals surface area contributed by atoms with E-state index in [0.717, 1.165) is 17.0 Å². The van der Waals surface area contributed by atoms with Gasteiger partial charge in [-0.3, -0.25) is 19.3 Å². The molecular weight excluding hydrogens is 330 g/mol. The lowest BCUT2D eigenvalue weighted by molar-refractivity contribution is -0.136. The van der Waals surface area contributed by atoms with E-state index < -0.39 is 0 Å². The van der Waals surface area contributed by atoms with Crippen molar-refractivity contribution in [1.82, 2.24) is 25.0 Å². The minimum Gasteiger partial charge on any atom is -0.350 e. The predicted molar refractivity (Wildman–Crippen MR) is 96.9 cm³/mol. The minimum atomic E-state index is 0.00336. The molecule has 3 rings (SSSR count). The van der Waals surface area contributed by atoms with E-state index in [0.29, 0.717) is 39.0 Å². The Balaban J connectivity index is 1.49. The Morgan fingerprint density at radius 3 is 2.73 bits per heavy atom. The molecule has 2 aromatic heterocycles. The van der Waals surface area contributed by atoms with Crippen LogP contribution in [0.1, 0.15) is 37.2 Å². The Labute approximate surface area is 153 Å². The molecule has 0 aliphatic carbocycles. The largest absolute Gasteiger partial charge is 0.350 e. The topological polar surface area (TPSA) is 80.1 Å². The van der Waals surface area contributed by atoms with E-state index in [-0.39, 0.29) is 17.7 Å². The summed E-state index contributed by atoms with van der Waals surface area (Å²) in [5.41, 5.74) is 2.95. The summed E-state index contributed by atoms with van der Waals surface area (Å²) in [6.07, 6.45) is 4.60. The summed E-state index contributed by atoms with van der Waals surface area (Å²) < 4.78 is 1.93. The lowest BCUT2D eigenvalue weighted by Gasteiger charge is -2.29. The standard InChI is InChI=1S/C19H25N5O2/c1-14(2)19(26)23-9-10-24-17(13-23)11-16(22-24)12-21-18(25)4-3-15-5-7-20-8-6-15/h5-8,11,14H,3-4,9-10,12-13H2,1-2H3,(H,21,25). The van der Waals surface area contributed by atoms with Crippen LogP contribution in [-0.4, -0.2) is 38.0 Å². The van der Waals surface area contributed by atoms with Crippen LogP contribution >= 0.6 is 0 Å². The van der Waals surface area contributed by atoms with Gasteiger partial charge in [0.15, 0.2) is 0 Å². The molecule has 0 saturated carbocycles. The van der Waals surface area contributed by atoms with Crippen molar-refractivity contribution < 1.29 is 9.59 Å². The van der Waals surface area contributed by atoms with Crippen LogP contribution in [0, 0.1) is 5.92 Å². The number of fused-ring (bicyclic) bond motifs is 1. The monoisotopic (exact) mass is 355 g/mol. The Morgan fingerprint density at radius 1 is 1.23 bits per heavy atom. The molecule has 2 amide bonds. The lowest BCUT2D eigenvalue weighted by Crippen LogP contribution is -2.40. The summed E-state index contributed by atoms with van der Waals surface area (Å²) in [6.45, 7) is 6.21. The highest BCUT2D eigenvalue weighted by molar-refractivity contribution is 5.78. The fourth-order valence-corrected chi connectivity index (χ4v) is 3.05. The summed E-state index contributed by atoms with van der Waals surface area (Å²) in [5.74, 6) is 0.177. The molecule has 3 heterocycles. The van der Waals surface area contributed by atoms with Gasteiger partial charge in [0.2, 0.25) is 11.8 Å². The molecule has 0 atom stereocenters. The highest BCUT2D eigenvalue weighted by Crippen LogP contribution is 2.16. The molecule has 0 saturated heterocycles. The third-order valence-corrected chi connectivity index (χ3v) is 4.51. The van der Waals surface area contributed by atoms with Crippen LogP contribution in [0.4, 0.5) is 0 Å². The van der Waals surface area contributed by atoms with Crippen molar-refractivity contribution in [2.24, 2.45) is 5.92 Å². The molecule has 0 spiro atoms. The predicted octanol–water partition coefficient (Wildman–Crippen LogP) is 1.53. The number of nitrogens with zero attached hydrogens (tertiary/aromatic N) is 4. The first-order valence-electron chi connectivity index (χ1n) is 9.03. The van der Waals surface area contributed by atoms with Gasteiger partial charge in [0.1, 0.15) is 0 Å². The average Bonchev–Trinajstić information content (AvgIpc) is 3.07. The maximum absolute atomic E-state index is 12.2. The molecule has 1 N–H and O–H groups in total. The maximum atomic E-state index is 12.2. The fraction of sp³-hybridized carbons (Fsp3) is 0.474. The number of hydrogen-bond acceptors (Lipinski definition) is 4. The second-order valence-electron chi connectivity index (χ2n) is 6.90. The van der Waals surface area contributed by atoms with Crippen LogP contribution < -0.4 is 5.32 Å². The fourth-order valence-electron chi connectivity index (χ4n) is 3.05. The van der Waals surface area contributed by atoms with Gasteiger partial charge in [-0.1, -0.05) is 13.8 Å². The Hall–Kier alpha value is -2.70. The first kappa shape index (κ1) is 18.1. The SMILES string of the molecule is CC(C)C(=O)N1CCn2nc(CNC(=O)CCc3ccncc3)cc2C1. The first-order chi connectivity index (χ1) is 12.5. The van der Waals surface area contributed by atoms with Gasteiger partial charge in [0.25, 0.3) is 0 Å². The number of nitrogens with one attached hydrogen (secondary N) is 1. The average molecular weight is 355 g/mol. The molecule has 0 bridgehead atoms. The first-order valence-corrected chi connectivity index (χ1v) is 9.03. The van der Waals surface area contributed by atoms with Crippen LogP contribution in [0.5, 0.6) is 0 Å². The molecular formula is C19H25N5O2. The number of aryl methyl sites for hydroxylation is 1. The number of pyridine rings is 1. The zero-order valence-electron chi connectivity index (χ0n) is 15.3. The van der Waals surface area contributed by atoms with Crippen LogP contribution in [0.25, 0.3) is 0 Å². The summed E-state index contributed by atoms with van der Waals surface area (Å²) in [4.78, 5) is 30.0. The van der Waals surface area contributed by atoms with Gasteiger partial charge in [-0.15, -0.1) is 0 Å². The molecule has 2 aromatic rings. The van der Waals surface area contributed by atoms with Crippen molar-refractivity contribution in [3.8, 4) is 0 Å². The number of aromatic nitrogens is 3. The van der Waals surface area contributed by atoms with E-state index in [1.807, 2.05) is 41.6 Å². The van der Waals surface area contributed by atoms with Crippen LogP contribution in [-0.2, 0) is 35.6 Å². The number of rotatable bonds is 6. The second-order valence-corrected chi connectivity index (χ2v) is 6.90. The molecule has 0 unspecified atom stereocenters. The zero-order valence-corrected chi connectivity index (χ0v) is 15.3. The van der Waals surface area contributed by atoms with E-state index in [4.69, 9.17) is 0 Å². The molecule has 7 heteroatoms. The van der Waals surface area contributed by atoms with Crippen molar-refractivity contribution in [2.45, 2.75) is 46.3 Å². The number of carbonyl (C=O) groups is 2. The van der Waals surface area contributed by atoms with E-state index in [1.54, 1.807) is 12.4 Å². The van der Waals surface area contributed by atoms with Crippen molar-refractivity contribution in [2.75, 3.05) is 6.54 Å². The quantitative estimate of drug-likeness (QED) is 0.852. The van der Waals surface area contributed by atoms with Gasteiger partial charge in [-0.05, 0) is 30.2 Å². The van der Waals surface area contributed by atoms with Crippen LogP contribution in [0.2, 0.25) is 0 Å².